The Labute approximate surface area is 123 Å². The van der Waals surface area contributed by atoms with Gasteiger partial charge in [-0.3, -0.25) is 0 Å². The lowest BCUT2D eigenvalue weighted by Gasteiger charge is -2.06. The maximum Gasteiger partial charge on any atom is 0.339 e. The third kappa shape index (κ3) is 4.29. The number of esters is 1. The maximum absolute atomic E-state index is 11.5. The van der Waals surface area contributed by atoms with Crippen LogP contribution in [0.5, 0.6) is 11.6 Å². The van der Waals surface area contributed by atoms with Gasteiger partial charge in [-0.05, 0) is 37.1 Å². The highest BCUT2D eigenvalue weighted by molar-refractivity contribution is 5.89. The van der Waals surface area contributed by atoms with E-state index in [-0.39, 0.29) is 6.61 Å². The van der Waals surface area contributed by atoms with Crippen molar-refractivity contribution in [3.63, 3.8) is 0 Å². The number of rotatable bonds is 6. The van der Waals surface area contributed by atoms with Crippen molar-refractivity contribution in [3.8, 4) is 11.6 Å². The molecule has 0 fully saturated rings. The van der Waals surface area contributed by atoms with Crippen LogP contribution in [0.1, 0.15) is 22.8 Å². The van der Waals surface area contributed by atoms with Crippen LogP contribution in [0.25, 0.3) is 0 Å². The Morgan fingerprint density at radius 3 is 2.52 bits per heavy atom. The van der Waals surface area contributed by atoms with E-state index in [1.54, 1.807) is 19.1 Å². The first-order valence-electron chi connectivity index (χ1n) is 6.73. The molecule has 2 rings (SSSR count). The second kappa shape index (κ2) is 7.40. The number of nitrogens with zero attached hydrogens (tertiary/aromatic N) is 1. The fourth-order valence-corrected chi connectivity index (χ4v) is 1.75. The van der Waals surface area contributed by atoms with Gasteiger partial charge in [0.1, 0.15) is 5.75 Å². The number of benzene rings is 1. The molecule has 0 atom stereocenters. The Hall–Kier alpha value is -2.40. The lowest BCUT2D eigenvalue weighted by Crippen LogP contribution is -2.04. The SMILES string of the molecule is CCOC(=O)c1ccc(Oc2ccc(CCO)cc2)nc1. The predicted molar refractivity (Wildman–Crippen MR) is 77.5 cm³/mol. The predicted octanol–water partition coefficient (Wildman–Crippen LogP) is 2.59. The molecule has 0 spiro atoms. The van der Waals surface area contributed by atoms with Gasteiger partial charge < -0.3 is 14.6 Å². The van der Waals surface area contributed by atoms with Gasteiger partial charge in [0.2, 0.25) is 5.88 Å². The molecule has 2 aromatic rings. The standard InChI is InChI=1S/C16H17NO4/c1-2-20-16(19)13-5-8-15(17-11-13)21-14-6-3-12(4-7-14)9-10-18/h3-8,11,18H,2,9-10H2,1H3. The van der Waals surface area contributed by atoms with Crippen LogP contribution in [0.3, 0.4) is 0 Å². The largest absolute Gasteiger partial charge is 0.462 e. The van der Waals surface area contributed by atoms with Crippen LogP contribution in [0.2, 0.25) is 0 Å². The van der Waals surface area contributed by atoms with Gasteiger partial charge in [-0.15, -0.1) is 0 Å². The summed E-state index contributed by atoms with van der Waals surface area (Å²) in [6.45, 7) is 2.21. The van der Waals surface area contributed by atoms with E-state index in [1.165, 1.54) is 6.20 Å². The van der Waals surface area contributed by atoms with Crippen LogP contribution >= 0.6 is 0 Å². The maximum atomic E-state index is 11.5. The van der Waals surface area contributed by atoms with E-state index < -0.39 is 5.97 Å². The zero-order valence-electron chi connectivity index (χ0n) is 11.8. The van der Waals surface area contributed by atoms with Crippen molar-refractivity contribution < 1.29 is 19.4 Å². The number of pyridine rings is 1. The molecule has 0 saturated carbocycles. The number of aliphatic hydroxyl groups is 1. The van der Waals surface area contributed by atoms with Crippen LogP contribution in [-0.2, 0) is 11.2 Å². The molecule has 0 bridgehead atoms. The minimum Gasteiger partial charge on any atom is -0.462 e. The molecule has 5 heteroatoms. The Bertz CT molecular complexity index is 578. The summed E-state index contributed by atoms with van der Waals surface area (Å²) in [5.74, 6) is 0.649. The summed E-state index contributed by atoms with van der Waals surface area (Å²) in [4.78, 5) is 15.6. The number of carbonyl (C=O) groups is 1. The van der Waals surface area contributed by atoms with Gasteiger partial charge in [0.05, 0.1) is 12.2 Å². The average molecular weight is 287 g/mol. The van der Waals surface area contributed by atoms with E-state index >= 15 is 0 Å². The second-order valence-corrected chi connectivity index (χ2v) is 4.33. The van der Waals surface area contributed by atoms with Crippen molar-refractivity contribution in [2.24, 2.45) is 0 Å². The molecular weight excluding hydrogens is 270 g/mol. The first kappa shape index (κ1) is 15.0. The summed E-state index contributed by atoms with van der Waals surface area (Å²) >= 11 is 0. The highest BCUT2D eigenvalue weighted by Crippen LogP contribution is 2.20. The molecule has 0 unspecified atom stereocenters. The third-order valence-corrected chi connectivity index (χ3v) is 2.79. The Morgan fingerprint density at radius 2 is 1.95 bits per heavy atom. The zero-order chi connectivity index (χ0) is 15.1. The van der Waals surface area contributed by atoms with Crippen molar-refractivity contribution >= 4 is 5.97 Å². The number of aliphatic hydroxyl groups excluding tert-OH is 1. The third-order valence-electron chi connectivity index (χ3n) is 2.79. The van der Waals surface area contributed by atoms with Crippen molar-refractivity contribution in [3.05, 3.63) is 53.7 Å². The molecule has 0 saturated heterocycles. The lowest BCUT2D eigenvalue weighted by atomic mass is 10.1. The molecule has 0 aliphatic carbocycles. The van der Waals surface area contributed by atoms with Gasteiger partial charge in [-0.1, -0.05) is 12.1 Å². The van der Waals surface area contributed by atoms with Crippen LogP contribution in [0.15, 0.2) is 42.6 Å². The molecule has 110 valence electrons. The fourth-order valence-electron chi connectivity index (χ4n) is 1.75. The number of ether oxygens (including phenoxy) is 2. The minimum absolute atomic E-state index is 0.122. The van der Waals surface area contributed by atoms with E-state index in [1.807, 2.05) is 24.3 Å². The van der Waals surface area contributed by atoms with Crippen molar-refractivity contribution in [1.82, 2.24) is 4.98 Å². The van der Waals surface area contributed by atoms with Crippen molar-refractivity contribution in [2.45, 2.75) is 13.3 Å². The summed E-state index contributed by atoms with van der Waals surface area (Å²) < 4.78 is 10.5. The van der Waals surface area contributed by atoms with Gasteiger partial charge in [0, 0.05) is 18.9 Å². The van der Waals surface area contributed by atoms with Crippen molar-refractivity contribution in [1.29, 1.82) is 0 Å². The number of carbonyl (C=O) groups excluding carboxylic acids is 1. The molecule has 0 aliphatic rings. The zero-order valence-corrected chi connectivity index (χ0v) is 11.8. The quantitative estimate of drug-likeness (QED) is 0.827. The van der Waals surface area contributed by atoms with Gasteiger partial charge >= 0.3 is 5.97 Å². The normalized spacial score (nSPS) is 10.2. The summed E-state index contributed by atoms with van der Waals surface area (Å²) in [7, 11) is 0. The molecule has 1 aromatic carbocycles. The van der Waals surface area contributed by atoms with E-state index in [0.717, 1.165) is 5.56 Å². The highest BCUT2D eigenvalue weighted by atomic mass is 16.5. The molecule has 5 nitrogen and oxygen atoms in total. The molecule has 0 aliphatic heterocycles. The van der Waals surface area contributed by atoms with Crippen LogP contribution in [-0.4, -0.2) is 29.3 Å². The smallest absolute Gasteiger partial charge is 0.339 e. The van der Waals surface area contributed by atoms with Crippen LogP contribution < -0.4 is 4.74 Å². The Morgan fingerprint density at radius 1 is 1.19 bits per heavy atom. The number of hydrogen-bond donors (Lipinski definition) is 1. The number of aromatic nitrogens is 1. The fraction of sp³-hybridized carbons (Fsp3) is 0.250. The topological polar surface area (TPSA) is 68.7 Å². The Kier molecular flexibility index (Phi) is 5.29. The summed E-state index contributed by atoms with van der Waals surface area (Å²) in [5, 5.41) is 8.85. The lowest BCUT2D eigenvalue weighted by molar-refractivity contribution is 0.0526. The van der Waals surface area contributed by atoms with Gasteiger partial charge in [-0.25, -0.2) is 9.78 Å². The van der Waals surface area contributed by atoms with E-state index in [9.17, 15) is 4.79 Å². The van der Waals surface area contributed by atoms with E-state index in [2.05, 4.69) is 4.98 Å². The molecule has 1 N–H and O–H groups in total. The van der Waals surface area contributed by atoms with Gasteiger partial charge in [-0.2, -0.15) is 0 Å². The van der Waals surface area contributed by atoms with E-state index in [0.29, 0.717) is 30.2 Å². The molecular formula is C16H17NO4. The van der Waals surface area contributed by atoms with E-state index in [4.69, 9.17) is 14.6 Å². The molecule has 0 radical (unpaired) electrons. The summed E-state index contributed by atoms with van der Waals surface area (Å²) in [5.41, 5.74) is 1.43. The first-order chi connectivity index (χ1) is 10.2. The average Bonchev–Trinajstić information content (AvgIpc) is 2.50. The number of hydrogen-bond acceptors (Lipinski definition) is 5. The molecule has 1 heterocycles. The summed E-state index contributed by atoms with van der Waals surface area (Å²) in [6.07, 6.45) is 2.04. The molecule has 1 aromatic heterocycles. The monoisotopic (exact) mass is 287 g/mol. The van der Waals surface area contributed by atoms with Gasteiger partial charge in [0.15, 0.2) is 0 Å². The summed E-state index contributed by atoms with van der Waals surface area (Å²) in [6, 6.07) is 10.6. The Balaban J connectivity index is 2.01. The second-order valence-electron chi connectivity index (χ2n) is 4.33. The highest BCUT2D eigenvalue weighted by Gasteiger charge is 2.07. The van der Waals surface area contributed by atoms with Crippen molar-refractivity contribution in [2.75, 3.05) is 13.2 Å². The van der Waals surface area contributed by atoms with Crippen LogP contribution in [0, 0.1) is 0 Å². The van der Waals surface area contributed by atoms with Gasteiger partial charge in [0.25, 0.3) is 0 Å². The first-order valence-corrected chi connectivity index (χ1v) is 6.73. The minimum atomic E-state index is -0.398. The van der Waals surface area contributed by atoms with Crippen LogP contribution in [0.4, 0.5) is 0 Å². The molecule has 0 amide bonds. The molecule has 21 heavy (non-hydrogen) atoms.